The Balaban J connectivity index is 1.61. The first-order chi connectivity index (χ1) is 11.8. The van der Waals surface area contributed by atoms with Crippen LogP contribution in [0.4, 0.5) is 10.2 Å². The second-order valence-corrected chi connectivity index (χ2v) is 5.24. The quantitative estimate of drug-likeness (QED) is 0.626. The van der Waals surface area contributed by atoms with Gasteiger partial charge in [-0.05, 0) is 29.8 Å². The van der Waals surface area contributed by atoms with Crippen LogP contribution >= 0.6 is 0 Å². The molecule has 24 heavy (non-hydrogen) atoms. The zero-order valence-corrected chi connectivity index (χ0v) is 12.6. The number of aromatic nitrogens is 5. The number of benzene rings is 1. The fourth-order valence-corrected chi connectivity index (χ4v) is 2.39. The first-order valence-corrected chi connectivity index (χ1v) is 7.38. The third-order valence-corrected chi connectivity index (χ3v) is 3.61. The number of hydrogen-bond donors (Lipinski definition) is 1. The van der Waals surface area contributed by atoms with E-state index in [0.717, 1.165) is 22.5 Å². The summed E-state index contributed by atoms with van der Waals surface area (Å²) in [5.74, 6) is 0.453. The largest absolute Gasteiger partial charge is 0.365 e. The minimum absolute atomic E-state index is 0.244. The highest BCUT2D eigenvalue weighted by Crippen LogP contribution is 2.19. The van der Waals surface area contributed by atoms with E-state index in [1.807, 2.05) is 12.1 Å². The van der Waals surface area contributed by atoms with Gasteiger partial charge in [-0.1, -0.05) is 12.1 Å². The fourth-order valence-electron chi connectivity index (χ4n) is 2.39. The Morgan fingerprint density at radius 1 is 0.958 bits per heavy atom. The predicted octanol–water partition coefficient (Wildman–Crippen LogP) is 2.94. The highest BCUT2D eigenvalue weighted by Gasteiger charge is 2.08. The number of hydrogen-bond acceptors (Lipinski definition) is 5. The molecule has 3 heterocycles. The minimum Gasteiger partial charge on any atom is -0.365 e. The number of fused-ring (bicyclic) bond motifs is 1. The molecule has 0 aliphatic rings. The molecule has 0 spiro atoms. The van der Waals surface area contributed by atoms with Crippen LogP contribution in [0.2, 0.25) is 0 Å². The lowest BCUT2D eigenvalue weighted by Gasteiger charge is -2.07. The fraction of sp³-hybridized carbons (Fsp3) is 0.0588. The molecular weight excluding hydrogens is 307 g/mol. The normalized spacial score (nSPS) is 10.9. The van der Waals surface area contributed by atoms with Crippen LogP contribution in [0.1, 0.15) is 5.56 Å². The van der Waals surface area contributed by atoms with Gasteiger partial charge in [-0.3, -0.25) is 0 Å². The van der Waals surface area contributed by atoms with Crippen molar-refractivity contribution in [1.82, 2.24) is 24.6 Å². The molecule has 0 bridgehead atoms. The molecule has 1 aromatic carbocycles. The summed E-state index contributed by atoms with van der Waals surface area (Å²) in [6.07, 6.45) is 6.66. The van der Waals surface area contributed by atoms with Crippen molar-refractivity contribution in [1.29, 1.82) is 0 Å². The Kier molecular flexibility index (Phi) is 3.59. The predicted molar refractivity (Wildman–Crippen MR) is 87.7 cm³/mol. The van der Waals surface area contributed by atoms with E-state index in [2.05, 4.69) is 25.4 Å². The zero-order chi connectivity index (χ0) is 16.4. The van der Waals surface area contributed by atoms with Gasteiger partial charge in [0.2, 0.25) is 0 Å². The summed E-state index contributed by atoms with van der Waals surface area (Å²) in [4.78, 5) is 12.4. The summed E-state index contributed by atoms with van der Waals surface area (Å²) in [6.45, 7) is 0.553. The Morgan fingerprint density at radius 2 is 1.75 bits per heavy atom. The molecule has 118 valence electrons. The van der Waals surface area contributed by atoms with Gasteiger partial charge in [0.1, 0.15) is 18.0 Å². The van der Waals surface area contributed by atoms with Crippen molar-refractivity contribution in [2.45, 2.75) is 6.54 Å². The third-order valence-electron chi connectivity index (χ3n) is 3.61. The van der Waals surface area contributed by atoms with Crippen LogP contribution in [-0.2, 0) is 6.54 Å². The van der Waals surface area contributed by atoms with E-state index in [1.54, 1.807) is 35.2 Å². The maximum absolute atomic E-state index is 12.9. The molecule has 0 saturated carbocycles. The van der Waals surface area contributed by atoms with Crippen molar-refractivity contribution in [2.24, 2.45) is 0 Å². The van der Waals surface area contributed by atoms with Crippen molar-refractivity contribution < 1.29 is 4.39 Å². The number of anilines is 1. The van der Waals surface area contributed by atoms with E-state index in [0.29, 0.717) is 12.4 Å². The molecule has 0 unspecified atom stereocenters. The molecule has 1 N–H and O–H groups in total. The van der Waals surface area contributed by atoms with Crippen LogP contribution < -0.4 is 5.32 Å². The van der Waals surface area contributed by atoms with Crippen molar-refractivity contribution in [3.8, 4) is 11.3 Å². The number of halogens is 1. The average molecular weight is 320 g/mol. The SMILES string of the molecule is Fc1ccc(CNc2ccc3ncc(-c4cncnc4)n3n2)cc1. The molecule has 6 nitrogen and oxygen atoms in total. The highest BCUT2D eigenvalue weighted by molar-refractivity contribution is 5.61. The lowest BCUT2D eigenvalue weighted by Crippen LogP contribution is -2.04. The van der Waals surface area contributed by atoms with Gasteiger partial charge in [-0.25, -0.2) is 23.9 Å². The Bertz CT molecular complexity index is 965. The number of nitrogens with zero attached hydrogens (tertiary/aromatic N) is 5. The standard InChI is InChI=1S/C17H13FN6/c18-14-3-1-12(2-4-14)7-21-16-5-6-17-22-10-15(24(17)23-16)13-8-19-11-20-9-13/h1-6,8-11H,7H2,(H,21,23). The van der Waals surface area contributed by atoms with Crippen LogP contribution in [-0.4, -0.2) is 24.6 Å². The number of rotatable bonds is 4. The monoisotopic (exact) mass is 320 g/mol. The van der Waals surface area contributed by atoms with Gasteiger partial charge in [0, 0.05) is 24.5 Å². The van der Waals surface area contributed by atoms with E-state index in [1.165, 1.54) is 18.5 Å². The van der Waals surface area contributed by atoms with Gasteiger partial charge in [-0.2, -0.15) is 0 Å². The van der Waals surface area contributed by atoms with Crippen molar-refractivity contribution >= 4 is 11.5 Å². The average Bonchev–Trinajstić information content (AvgIpc) is 3.05. The van der Waals surface area contributed by atoms with Gasteiger partial charge in [0.15, 0.2) is 5.65 Å². The topological polar surface area (TPSA) is 68.0 Å². The second kappa shape index (κ2) is 6.04. The number of nitrogens with one attached hydrogen (secondary N) is 1. The third kappa shape index (κ3) is 2.79. The van der Waals surface area contributed by atoms with Crippen molar-refractivity contribution in [3.05, 3.63) is 72.7 Å². The van der Waals surface area contributed by atoms with E-state index in [-0.39, 0.29) is 5.82 Å². The summed E-state index contributed by atoms with van der Waals surface area (Å²) < 4.78 is 14.7. The zero-order valence-electron chi connectivity index (χ0n) is 12.6. The van der Waals surface area contributed by atoms with Gasteiger partial charge >= 0.3 is 0 Å². The summed E-state index contributed by atoms with van der Waals surface area (Å²) in [5.41, 5.74) is 3.37. The molecular formula is C17H13FN6. The summed E-state index contributed by atoms with van der Waals surface area (Å²) in [7, 11) is 0. The molecule has 4 rings (SSSR count). The molecule has 0 atom stereocenters. The maximum atomic E-state index is 12.9. The molecule has 0 amide bonds. The van der Waals surface area contributed by atoms with Gasteiger partial charge in [-0.15, -0.1) is 5.10 Å². The highest BCUT2D eigenvalue weighted by atomic mass is 19.1. The molecule has 7 heteroatoms. The van der Waals surface area contributed by atoms with Crippen molar-refractivity contribution in [2.75, 3.05) is 5.32 Å². The Morgan fingerprint density at radius 3 is 2.54 bits per heavy atom. The van der Waals surface area contributed by atoms with Crippen LogP contribution in [0.15, 0.2) is 61.3 Å². The molecule has 3 aromatic heterocycles. The number of imidazole rings is 1. The van der Waals surface area contributed by atoms with Gasteiger partial charge in [0.25, 0.3) is 0 Å². The Labute approximate surface area is 137 Å². The van der Waals surface area contributed by atoms with Crippen LogP contribution in [0, 0.1) is 5.82 Å². The van der Waals surface area contributed by atoms with E-state index < -0.39 is 0 Å². The van der Waals surface area contributed by atoms with Crippen LogP contribution in [0.3, 0.4) is 0 Å². The lowest BCUT2D eigenvalue weighted by atomic mass is 10.2. The first kappa shape index (κ1) is 14.3. The van der Waals surface area contributed by atoms with Crippen molar-refractivity contribution in [3.63, 3.8) is 0 Å². The molecule has 0 radical (unpaired) electrons. The van der Waals surface area contributed by atoms with E-state index >= 15 is 0 Å². The van der Waals surface area contributed by atoms with Crippen LogP contribution in [0.5, 0.6) is 0 Å². The molecule has 0 fully saturated rings. The smallest absolute Gasteiger partial charge is 0.154 e. The molecule has 0 aliphatic carbocycles. The lowest BCUT2D eigenvalue weighted by molar-refractivity contribution is 0.627. The minimum atomic E-state index is -0.244. The first-order valence-electron chi connectivity index (χ1n) is 7.38. The van der Waals surface area contributed by atoms with E-state index in [4.69, 9.17) is 0 Å². The maximum Gasteiger partial charge on any atom is 0.154 e. The summed E-state index contributed by atoms with van der Waals surface area (Å²) >= 11 is 0. The van der Waals surface area contributed by atoms with Gasteiger partial charge < -0.3 is 5.32 Å². The Hall–Kier alpha value is -3.35. The summed E-state index contributed by atoms with van der Waals surface area (Å²) in [6, 6.07) is 10.1. The van der Waals surface area contributed by atoms with Gasteiger partial charge in [0.05, 0.1) is 11.9 Å². The van der Waals surface area contributed by atoms with Crippen LogP contribution in [0.25, 0.3) is 16.9 Å². The summed E-state index contributed by atoms with van der Waals surface area (Å²) in [5, 5.41) is 7.79. The molecule has 0 aliphatic heterocycles. The van der Waals surface area contributed by atoms with E-state index in [9.17, 15) is 4.39 Å². The molecule has 0 saturated heterocycles. The second-order valence-electron chi connectivity index (χ2n) is 5.24. The molecule has 4 aromatic rings.